The van der Waals surface area contributed by atoms with Crippen LogP contribution in [0.1, 0.15) is 35.6 Å². The van der Waals surface area contributed by atoms with Crippen molar-refractivity contribution in [3.8, 4) is 5.75 Å². The molecule has 0 fully saturated rings. The van der Waals surface area contributed by atoms with Crippen LogP contribution in [0.25, 0.3) is 0 Å². The van der Waals surface area contributed by atoms with Crippen LogP contribution in [0.4, 0.5) is 19.3 Å². The minimum atomic E-state index is -3.05. The van der Waals surface area contributed by atoms with Crippen molar-refractivity contribution in [1.82, 2.24) is 5.01 Å². The minimum absolute atomic E-state index is 0.147. The summed E-state index contributed by atoms with van der Waals surface area (Å²) in [6.45, 7) is -1.44. The second kappa shape index (κ2) is 9.96. The number of hydrogen-bond acceptors (Lipinski definition) is 6. The molecule has 0 aromatic heterocycles. The van der Waals surface area contributed by atoms with Gasteiger partial charge in [0.1, 0.15) is 12.4 Å². The number of anilines is 1. The van der Waals surface area contributed by atoms with E-state index in [9.17, 15) is 13.6 Å². The number of nitrogens with one attached hydrogen (secondary N) is 2. The molecule has 0 heterocycles. The van der Waals surface area contributed by atoms with E-state index in [2.05, 4.69) is 26.5 Å². The van der Waals surface area contributed by atoms with Crippen molar-refractivity contribution in [2.45, 2.75) is 39.4 Å². The van der Waals surface area contributed by atoms with Crippen molar-refractivity contribution in [2.24, 2.45) is 10.4 Å². The van der Waals surface area contributed by atoms with Crippen molar-refractivity contribution >= 4 is 17.4 Å². The fraction of sp³-hybridized carbons (Fsp3) is 0.333. The zero-order chi connectivity index (χ0) is 22.4. The lowest BCUT2D eigenvalue weighted by molar-refractivity contribution is -0.0513. The van der Waals surface area contributed by atoms with Crippen LogP contribution in [0.2, 0.25) is 0 Å². The van der Waals surface area contributed by atoms with Crippen molar-refractivity contribution in [1.29, 1.82) is 5.53 Å². The van der Waals surface area contributed by atoms with E-state index in [0.717, 1.165) is 29.8 Å². The SMILES string of the molecule is C/C(=N/OCc1c(NC(=O)N(C)N=N)cccc1OC(F)F)c1cccc2c1CCC2. The molecule has 1 aliphatic carbocycles. The molecule has 2 N–H and O–H groups in total. The third-order valence-corrected chi connectivity index (χ3v) is 4.98. The molecule has 0 aliphatic heterocycles. The van der Waals surface area contributed by atoms with Gasteiger partial charge in [-0.05, 0) is 49.4 Å². The van der Waals surface area contributed by atoms with E-state index in [-0.39, 0.29) is 23.6 Å². The predicted molar refractivity (Wildman–Crippen MR) is 110 cm³/mol. The number of fused-ring (bicyclic) bond motifs is 1. The maximum absolute atomic E-state index is 12.9. The first-order valence-electron chi connectivity index (χ1n) is 9.67. The topological polar surface area (TPSA) is 99.4 Å². The Balaban J connectivity index is 1.82. The first-order valence-corrected chi connectivity index (χ1v) is 9.67. The fourth-order valence-electron chi connectivity index (χ4n) is 3.48. The molecule has 0 bridgehead atoms. The third-order valence-electron chi connectivity index (χ3n) is 4.98. The summed E-state index contributed by atoms with van der Waals surface area (Å²) in [5.41, 5.74) is 11.5. The predicted octanol–water partition coefficient (Wildman–Crippen LogP) is 5.13. The molecule has 31 heavy (non-hydrogen) atoms. The first-order chi connectivity index (χ1) is 14.9. The van der Waals surface area contributed by atoms with Crippen LogP contribution in [0.5, 0.6) is 5.75 Å². The van der Waals surface area contributed by atoms with Gasteiger partial charge in [0.15, 0.2) is 0 Å². The summed E-state index contributed by atoms with van der Waals surface area (Å²) in [6, 6.07) is 9.65. The number of carbonyl (C=O) groups is 1. The van der Waals surface area contributed by atoms with Crippen molar-refractivity contribution in [3.05, 3.63) is 58.7 Å². The van der Waals surface area contributed by atoms with Gasteiger partial charge in [-0.3, -0.25) is 0 Å². The molecule has 0 saturated heterocycles. The summed E-state index contributed by atoms with van der Waals surface area (Å²) in [5.74, 6) is -0.147. The number of ether oxygens (including phenoxy) is 1. The number of aryl methyl sites for hydroxylation is 1. The highest BCUT2D eigenvalue weighted by atomic mass is 19.3. The second-order valence-electron chi connectivity index (χ2n) is 6.96. The van der Waals surface area contributed by atoms with Crippen LogP contribution >= 0.6 is 0 Å². The molecule has 0 unspecified atom stereocenters. The highest BCUT2D eigenvalue weighted by Gasteiger charge is 2.18. The van der Waals surface area contributed by atoms with Gasteiger partial charge in [0, 0.05) is 12.6 Å². The molecule has 0 spiro atoms. The zero-order valence-electron chi connectivity index (χ0n) is 17.2. The van der Waals surface area contributed by atoms with Crippen LogP contribution in [0.3, 0.4) is 0 Å². The zero-order valence-corrected chi connectivity index (χ0v) is 17.2. The molecular formula is C21H23F2N5O3. The Kier molecular flexibility index (Phi) is 7.11. The number of carbonyl (C=O) groups excluding carboxylic acids is 1. The quantitative estimate of drug-likeness (QED) is 0.344. The number of urea groups is 1. The molecule has 164 valence electrons. The average Bonchev–Trinajstić information content (AvgIpc) is 3.23. The molecule has 10 heteroatoms. The molecule has 1 aliphatic rings. The normalized spacial score (nSPS) is 13.0. The highest BCUT2D eigenvalue weighted by molar-refractivity contribution is 6.00. The molecule has 3 rings (SSSR count). The van der Waals surface area contributed by atoms with Gasteiger partial charge < -0.3 is 14.9 Å². The Morgan fingerprint density at radius 1 is 1.26 bits per heavy atom. The monoisotopic (exact) mass is 431 g/mol. The summed E-state index contributed by atoms with van der Waals surface area (Å²) in [7, 11) is 1.28. The van der Waals surface area contributed by atoms with Gasteiger partial charge in [-0.1, -0.05) is 34.6 Å². The van der Waals surface area contributed by atoms with Crippen LogP contribution in [-0.4, -0.2) is 30.4 Å². The summed E-state index contributed by atoms with van der Waals surface area (Å²) in [4.78, 5) is 17.5. The Morgan fingerprint density at radius 3 is 2.77 bits per heavy atom. The van der Waals surface area contributed by atoms with Crippen LogP contribution in [0, 0.1) is 5.53 Å². The average molecular weight is 431 g/mol. The Bertz CT molecular complexity index is 997. The van der Waals surface area contributed by atoms with E-state index in [4.69, 9.17) is 10.4 Å². The van der Waals surface area contributed by atoms with Gasteiger partial charge in [-0.15, -0.1) is 0 Å². The van der Waals surface area contributed by atoms with Crippen LogP contribution < -0.4 is 10.1 Å². The lowest BCUT2D eigenvalue weighted by Crippen LogP contribution is -2.26. The number of oxime groups is 1. The number of hydrogen-bond donors (Lipinski definition) is 2. The summed E-state index contributed by atoms with van der Waals surface area (Å²) < 4.78 is 30.3. The molecule has 0 saturated carbocycles. The highest BCUT2D eigenvalue weighted by Crippen LogP contribution is 2.30. The molecule has 2 amide bonds. The summed E-state index contributed by atoms with van der Waals surface area (Å²) in [6.07, 6.45) is 3.12. The maximum atomic E-state index is 12.9. The smallest absolute Gasteiger partial charge is 0.387 e. The van der Waals surface area contributed by atoms with Crippen LogP contribution in [-0.2, 0) is 24.3 Å². The Labute approximate surface area is 178 Å². The van der Waals surface area contributed by atoms with Crippen molar-refractivity contribution in [2.75, 3.05) is 12.4 Å². The number of amides is 2. The number of alkyl halides is 2. The van der Waals surface area contributed by atoms with Crippen molar-refractivity contribution < 1.29 is 23.1 Å². The molecule has 0 radical (unpaired) electrons. The summed E-state index contributed by atoms with van der Waals surface area (Å²) >= 11 is 0. The van der Waals surface area contributed by atoms with Gasteiger partial charge >= 0.3 is 12.6 Å². The fourth-order valence-corrected chi connectivity index (χ4v) is 3.48. The lowest BCUT2D eigenvalue weighted by Gasteiger charge is -2.17. The van der Waals surface area contributed by atoms with E-state index in [0.29, 0.717) is 5.71 Å². The Morgan fingerprint density at radius 2 is 2.03 bits per heavy atom. The molecular weight excluding hydrogens is 408 g/mol. The molecule has 2 aromatic rings. The molecule has 8 nitrogen and oxygen atoms in total. The number of halogens is 2. The summed E-state index contributed by atoms with van der Waals surface area (Å²) in [5, 5.41) is 10.4. The number of nitrogens with zero attached hydrogens (tertiary/aromatic N) is 3. The van der Waals surface area contributed by atoms with Crippen molar-refractivity contribution in [3.63, 3.8) is 0 Å². The van der Waals surface area contributed by atoms with Gasteiger partial charge in [0.05, 0.1) is 17.0 Å². The molecule has 2 aromatic carbocycles. The molecule has 0 atom stereocenters. The lowest BCUT2D eigenvalue weighted by atomic mass is 10.0. The van der Waals surface area contributed by atoms with E-state index in [1.54, 1.807) is 0 Å². The van der Waals surface area contributed by atoms with Gasteiger partial charge in [0.25, 0.3) is 0 Å². The van der Waals surface area contributed by atoms with E-state index in [1.165, 1.54) is 36.4 Å². The second-order valence-corrected chi connectivity index (χ2v) is 6.96. The van der Waals surface area contributed by atoms with Gasteiger partial charge in [-0.2, -0.15) is 19.3 Å². The van der Waals surface area contributed by atoms with E-state index >= 15 is 0 Å². The van der Waals surface area contributed by atoms with Gasteiger partial charge in [-0.25, -0.2) is 4.79 Å². The maximum Gasteiger partial charge on any atom is 0.387 e. The standard InChI is InChI=1S/C21H23F2N5O3/c1-13(15-8-3-6-14-7-4-9-16(14)15)26-30-12-17-18(25-21(29)28(2)27-24)10-5-11-19(17)31-20(22)23/h3,5-6,8,10-11,20,24H,4,7,9,12H2,1-2H3,(H,25,29)/b26-13-,27-24?. The van der Waals surface area contributed by atoms with E-state index in [1.807, 2.05) is 19.1 Å². The first kappa shape index (κ1) is 22.1. The largest absolute Gasteiger partial charge is 0.434 e. The van der Waals surface area contributed by atoms with Gasteiger partial charge in [0.2, 0.25) is 0 Å². The number of benzene rings is 2. The van der Waals surface area contributed by atoms with Crippen LogP contribution in [0.15, 0.2) is 46.8 Å². The number of rotatable bonds is 8. The Hall–Kier alpha value is -3.56. The third kappa shape index (κ3) is 5.33. The van der Waals surface area contributed by atoms with E-state index < -0.39 is 12.6 Å². The minimum Gasteiger partial charge on any atom is -0.434 e.